The first-order chi connectivity index (χ1) is 13.0. The Hall–Kier alpha value is -3.15. The number of aryl methyl sites for hydroxylation is 1. The quantitative estimate of drug-likeness (QED) is 0.722. The van der Waals surface area contributed by atoms with Crippen LogP contribution in [0.25, 0.3) is 0 Å². The highest BCUT2D eigenvalue weighted by Crippen LogP contribution is 2.07. The summed E-state index contributed by atoms with van der Waals surface area (Å²) in [4.78, 5) is 36.1. The SMILES string of the molecule is CCc1ccc(C(=O)OCC(=O)N[C@@H](Cc2ccccc2)C(=O)OC)cc1. The van der Waals surface area contributed by atoms with Gasteiger partial charge in [0, 0.05) is 6.42 Å². The minimum absolute atomic E-state index is 0.283. The number of carbonyl (C=O) groups is 3. The summed E-state index contributed by atoms with van der Waals surface area (Å²) in [7, 11) is 1.26. The maximum absolute atomic E-state index is 12.1. The fraction of sp³-hybridized carbons (Fsp3) is 0.286. The van der Waals surface area contributed by atoms with Crippen molar-refractivity contribution in [3.05, 3.63) is 71.3 Å². The lowest BCUT2D eigenvalue weighted by Gasteiger charge is -2.16. The Balaban J connectivity index is 1.90. The third kappa shape index (κ3) is 6.26. The van der Waals surface area contributed by atoms with E-state index in [1.807, 2.05) is 49.4 Å². The first-order valence-corrected chi connectivity index (χ1v) is 8.70. The van der Waals surface area contributed by atoms with E-state index >= 15 is 0 Å². The van der Waals surface area contributed by atoms with Crippen LogP contribution >= 0.6 is 0 Å². The summed E-state index contributed by atoms with van der Waals surface area (Å²) in [6.45, 7) is 1.54. The van der Waals surface area contributed by atoms with Crippen LogP contribution in [0.4, 0.5) is 0 Å². The Bertz CT molecular complexity index is 771. The number of nitrogens with one attached hydrogen (secondary N) is 1. The van der Waals surface area contributed by atoms with Crippen LogP contribution in [0.2, 0.25) is 0 Å². The number of ether oxygens (including phenoxy) is 2. The fourth-order valence-electron chi connectivity index (χ4n) is 2.51. The third-order valence-corrected chi connectivity index (χ3v) is 4.04. The monoisotopic (exact) mass is 369 g/mol. The molecule has 6 heteroatoms. The molecule has 1 N–H and O–H groups in total. The van der Waals surface area contributed by atoms with Gasteiger partial charge in [-0.25, -0.2) is 9.59 Å². The fourth-order valence-corrected chi connectivity index (χ4v) is 2.51. The number of benzene rings is 2. The molecule has 0 aliphatic heterocycles. The summed E-state index contributed by atoms with van der Waals surface area (Å²) in [6.07, 6.45) is 1.15. The minimum Gasteiger partial charge on any atom is -0.467 e. The van der Waals surface area contributed by atoms with E-state index < -0.39 is 30.5 Å². The second kappa shape index (κ2) is 10.1. The molecule has 2 aromatic rings. The topological polar surface area (TPSA) is 81.7 Å². The molecule has 0 saturated carbocycles. The first-order valence-electron chi connectivity index (χ1n) is 8.70. The second-order valence-electron chi connectivity index (χ2n) is 5.96. The van der Waals surface area contributed by atoms with Gasteiger partial charge in [-0.1, -0.05) is 49.4 Å². The van der Waals surface area contributed by atoms with E-state index in [9.17, 15) is 14.4 Å². The van der Waals surface area contributed by atoms with Crippen LogP contribution < -0.4 is 5.32 Å². The predicted molar refractivity (Wildman–Crippen MR) is 100 cm³/mol. The van der Waals surface area contributed by atoms with Crippen LogP contribution in [0.15, 0.2) is 54.6 Å². The van der Waals surface area contributed by atoms with E-state index in [1.54, 1.807) is 12.1 Å². The summed E-state index contributed by atoms with van der Waals surface area (Å²) < 4.78 is 9.77. The molecule has 142 valence electrons. The molecule has 0 unspecified atom stereocenters. The summed E-state index contributed by atoms with van der Waals surface area (Å²) >= 11 is 0. The molecule has 1 atom stereocenters. The van der Waals surface area contributed by atoms with Crippen LogP contribution in [-0.4, -0.2) is 37.6 Å². The molecule has 2 aromatic carbocycles. The Morgan fingerprint density at radius 1 is 0.963 bits per heavy atom. The van der Waals surface area contributed by atoms with Gasteiger partial charge >= 0.3 is 11.9 Å². The van der Waals surface area contributed by atoms with Crippen LogP contribution in [-0.2, 0) is 31.9 Å². The molecule has 0 aliphatic carbocycles. The van der Waals surface area contributed by atoms with E-state index in [1.165, 1.54) is 7.11 Å². The summed E-state index contributed by atoms with van der Waals surface area (Å²) in [6, 6.07) is 15.4. The van der Waals surface area contributed by atoms with Crippen molar-refractivity contribution in [3.63, 3.8) is 0 Å². The van der Waals surface area contributed by atoms with Crippen molar-refractivity contribution in [2.75, 3.05) is 13.7 Å². The minimum atomic E-state index is -0.854. The molecule has 27 heavy (non-hydrogen) atoms. The van der Waals surface area contributed by atoms with Gasteiger partial charge in [-0.2, -0.15) is 0 Å². The molecule has 0 fully saturated rings. The number of carbonyl (C=O) groups excluding carboxylic acids is 3. The lowest BCUT2D eigenvalue weighted by atomic mass is 10.1. The number of hydrogen-bond donors (Lipinski definition) is 1. The van der Waals surface area contributed by atoms with Crippen molar-refractivity contribution in [2.24, 2.45) is 0 Å². The highest BCUT2D eigenvalue weighted by atomic mass is 16.5. The van der Waals surface area contributed by atoms with Crippen molar-refractivity contribution >= 4 is 17.8 Å². The molecular formula is C21H23NO5. The van der Waals surface area contributed by atoms with Crippen LogP contribution in [0, 0.1) is 0 Å². The van der Waals surface area contributed by atoms with Crippen LogP contribution in [0.5, 0.6) is 0 Å². The van der Waals surface area contributed by atoms with Crippen molar-refractivity contribution < 1.29 is 23.9 Å². The molecule has 6 nitrogen and oxygen atoms in total. The number of hydrogen-bond acceptors (Lipinski definition) is 5. The predicted octanol–water partition coefficient (Wildman–Crippen LogP) is 2.31. The smallest absolute Gasteiger partial charge is 0.338 e. The van der Waals surface area contributed by atoms with Crippen molar-refractivity contribution in [1.82, 2.24) is 5.32 Å². The second-order valence-corrected chi connectivity index (χ2v) is 5.96. The van der Waals surface area contributed by atoms with E-state index in [0.717, 1.165) is 17.5 Å². The Morgan fingerprint density at radius 3 is 2.22 bits per heavy atom. The average Bonchev–Trinajstić information content (AvgIpc) is 2.71. The van der Waals surface area contributed by atoms with E-state index in [4.69, 9.17) is 9.47 Å². The van der Waals surface area contributed by atoms with Gasteiger partial charge in [0.05, 0.1) is 12.7 Å². The average molecular weight is 369 g/mol. The standard InChI is InChI=1S/C21H23NO5/c1-3-15-9-11-17(12-10-15)20(24)27-14-19(23)22-18(21(25)26-2)13-16-7-5-4-6-8-16/h4-12,18H,3,13-14H2,1-2H3,(H,22,23)/t18-/m0/s1. The zero-order valence-electron chi connectivity index (χ0n) is 15.4. The maximum Gasteiger partial charge on any atom is 0.338 e. The Labute approximate surface area is 158 Å². The van der Waals surface area contributed by atoms with Gasteiger partial charge in [-0.3, -0.25) is 4.79 Å². The van der Waals surface area contributed by atoms with Crippen LogP contribution in [0.3, 0.4) is 0 Å². The largest absolute Gasteiger partial charge is 0.467 e. The van der Waals surface area contributed by atoms with Crippen molar-refractivity contribution in [2.45, 2.75) is 25.8 Å². The lowest BCUT2D eigenvalue weighted by Crippen LogP contribution is -2.44. The molecule has 0 aliphatic rings. The molecule has 0 bridgehead atoms. The number of rotatable bonds is 8. The summed E-state index contributed by atoms with van der Waals surface area (Å²) in [5.41, 5.74) is 2.35. The molecule has 0 spiro atoms. The number of amides is 1. The molecule has 1 amide bonds. The molecule has 0 radical (unpaired) electrons. The van der Waals surface area contributed by atoms with Gasteiger partial charge in [-0.05, 0) is 29.7 Å². The van der Waals surface area contributed by atoms with Gasteiger partial charge in [0.2, 0.25) is 0 Å². The van der Waals surface area contributed by atoms with Gasteiger partial charge in [0.1, 0.15) is 6.04 Å². The molecule has 0 aromatic heterocycles. The van der Waals surface area contributed by atoms with E-state index in [0.29, 0.717) is 5.56 Å². The summed E-state index contributed by atoms with van der Waals surface area (Å²) in [5.74, 6) is -1.72. The van der Waals surface area contributed by atoms with Gasteiger partial charge in [-0.15, -0.1) is 0 Å². The van der Waals surface area contributed by atoms with Crippen molar-refractivity contribution in [3.8, 4) is 0 Å². The molecular weight excluding hydrogens is 346 g/mol. The summed E-state index contributed by atoms with van der Waals surface area (Å²) in [5, 5.41) is 2.55. The normalized spacial score (nSPS) is 11.3. The maximum atomic E-state index is 12.1. The van der Waals surface area contributed by atoms with Crippen LogP contribution in [0.1, 0.15) is 28.4 Å². The molecule has 2 rings (SSSR count). The number of esters is 2. The lowest BCUT2D eigenvalue weighted by molar-refractivity contribution is -0.145. The van der Waals surface area contributed by atoms with Gasteiger partial charge in [0.25, 0.3) is 5.91 Å². The Morgan fingerprint density at radius 2 is 1.63 bits per heavy atom. The molecule has 0 saturated heterocycles. The third-order valence-electron chi connectivity index (χ3n) is 4.04. The molecule has 0 heterocycles. The van der Waals surface area contributed by atoms with Crippen molar-refractivity contribution in [1.29, 1.82) is 0 Å². The highest BCUT2D eigenvalue weighted by molar-refractivity contribution is 5.92. The van der Waals surface area contributed by atoms with E-state index in [2.05, 4.69) is 5.32 Å². The van der Waals surface area contributed by atoms with Gasteiger partial charge < -0.3 is 14.8 Å². The van der Waals surface area contributed by atoms with Gasteiger partial charge in [0.15, 0.2) is 6.61 Å². The number of methoxy groups -OCH3 is 1. The van der Waals surface area contributed by atoms with E-state index in [-0.39, 0.29) is 6.42 Å². The first kappa shape index (κ1) is 20.2. The zero-order chi connectivity index (χ0) is 19.6. The highest BCUT2D eigenvalue weighted by Gasteiger charge is 2.22. The zero-order valence-corrected chi connectivity index (χ0v) is 15.4. The Kier molecular flexibility index (Phi) is 7.55.